The van der Waals surface area contributed by atoms with Crippen molar-refractivity contribution in [2.24, 2.45) is 0 Å². The van der Waals surface area contributed by atoms with E-state index in [1.807, 2.05) is 4.68 Å². The van der Waals surface area contributed by atoms with Crippen molar-refractivity contribution < 1.29 is 8.42 Å². The van der Waals surface area contributed by atoms with Crippen LogP contribution >= 0.6 is 11.8 Å². The molecule has 1 aliphatic carbocycles. The Hall–Kier alpha value is -0.670. The average Bonchev–Trinajstić information content (AvgIpc) is 3.02. The van der Waals surface area contributed by atoms with Gasteiger partial charge in [-0.2, -0.15) is 0 Å². The largest absolute Gasteiger partial charge is 0.315 e. The first-order chi connectivity index (χ1) is 8.56. The Morgan fingerprint density at radius 3 is 2.89 bits per heavy atom. The van der Waals surface area contributed by atoms with Crippen LogP contribution in [0.1, 0.15) is 18.9 Å². The molecule has 0 amide bonds. The molecule has 0 bridgehead atoms. The molecular weight excluding hydrogens is 274 g/mol. The summed E-state index contributed by atoms with van der Waals surface area (Å²) in [5.74, 6) is 1.01. The first-order valence-corrected chi connectivity index (χ1v) is 8.90. The zero-order chi connectivity index (χ0) is 13.0. The van der Waals surface area contributed by atoms with E-state index in [2.05, 4.69) is 20.8 Å². The second kappa shape index (κ2) is 5.98. The Morgan fingerprint density at radius 1 is 1.44 bits per heavy atom. The van der Waals surface area contributed by atoms with Gasteiger partial charge in [0.1, 0.15) is 9.84 Å². The van der Waals surface area contributed by atoms with Crippen molar-refractivity contribution in [1.29, 1.82) is 0 Å². The number of aromatic nitrogens is 4. The van der Waals surface area contributed by atoms with Crippen molar-refractivity contribution in [1.82, 2.24) is 25.5 Å². The number of hydrogen-bond donors (Lipinski definition) is 1. The highest BCUT2D eigenvalue weighted by atomic mass is 32.2. The van der Waals surface area contributed by atoms with Gasteiger partial charge in [-0.3, -0.25) is 0 Å². The van der Waals surface area contributed by atoms with Crippen LogP contribution < -0.4 is 5.32 Å². The molecule has 0 radical (unpaired) electrons. The summed E-state index contributed by atoms with van der Waals surface area (Å²) in [6, 6.07) is 0.487. The van der Waals surface area contributed by atoms with Crippen molar-refractivity contribution in [2.45, 2.75) is 24.0 Å². The molecule has 1 N–H and O–H groups in total. The number of tetrazole rings is 1. The minimum absolute atomic E-state index is 0.178. The highest BCUT2D eigenvalue weighted by Crippen LogP contribution is 2.36. The van der Waals surface area contributed by atoms with Crippen LogP contribution in [0, 0.1) is 0 Å². The standard InChI is InChI=1S/C9H17N5O2S2/c1-18(15,16)7-5-10-4-6-17-9-11-12-13-14(9)8-2-3-8/h8,10H,2-7H2,1H3. The van der Waals surface area contributed by atoms with Gasteiger partial charge in [0.05, 0.1) is 11.8 Å². The number of sulfone groups is 1. The molecule has 2 rings (SSSR count). The van der Waals surface area contributed by atoms with Gasteiger partial charge < -0.3 is 5.32 Å². The fourth-order valence-corrected chi connectivity index (χ4v) is 2.78. The molecule has 0 unspecified atom stereocenters. The van der Waals surface area contributed by atoms with Crippen molar-refractivity contribution in [3.8, 4) is 0 Å². The summed E-state index contributed by atoms with van der Waals surface area (Å²) in [7, 11) is -2.87. The van der Waals surface area contributed by atoms with Gasteiger partial charge in [0, 0.05) is 25.1 Å². The number of nitrogens with one attached hydrogen (secondary N) is 1. The van der Waals surface area contributed by atoms with Gasteiger partial charge >= 0.3 is 0 Å². The number of thioether (sulfide) groups is 1. The van der Waals surface area contributed by atoms with E-state index in [1.54, 1.807) is 11.8 Å². The Kier molecular flexibility index (Phi) is 4.57. The van der Waals surface area contributed by atoms with Gasteiger partial charge in [0.25, 0.3) is 0 Å². The first-order valence-electron chi connectivity index (χ1n) is 5.85. The van der Waals surface area contributed by atoms with Crippen LogP contribution in [0.3, 0.4) is 0 Å². The predicted octanol–water partition coefficient (Wildman–Crippen LogP) is -0.266. The molecule has 0 saturated heterocycles. The van der Waals surface area contributed by atoms with Crippen LogP contribution in [0.2, 0.25) is 0 Å². The second-order valence-electron chi connectivity index (χ2n) is 4.37. The van der Waals surface area contributed by atoms with E-state index in [0.717, 1.165) is 30.3 Å². The van der Waals surface area contributed by atoms with Gasteiger partial charge in [-0.25, -0.2) is 13.1 Å². The second-order valence-corrected chi connectivity index (χ2v) is 7.69. The Balaban J connectivity index is 1.62. The minimum atomic E-state index is -2.87. The number of rotatable bonds is 8. The maximum atomic E-state index is 10.9. The SMILES string of the molecule is CS(=O)(=O)CCNCCSc1nnnn1C1CC1. The summed E-state index contributed by atoms with van der Waals surface area (Å²) in [4.78, 5) is 0. The fraction of sp³-hybridized carbons (Fsp3) is 0.889. The quantitative estimate of drug-likeness (QED) is 0.521. The van der Waals surface area contributed by atoms with Gasteiger partial charge in [-0.15, -0.1) is 5.10 Å². The fourth-order valence-electron chi connectivity index (χ4n) is 1.43. The lowest BCUT2D eigenvalue weighted by Crippen LogP contribution is -2.24. The zero-order valence-corrected chi connectivity index (χ0v) is 11.9. The minimum Gasteiger partial charge on any atom is -0.315 e. The Bertz CT molecular complexity index is 483. The number of hydrogen-bond acceptors (Lipinski definition) is 7. The Labute approximate surface area is 111 Å². The van der Waals surface area contributed by atoms with Crippen LogP contribution in [-0.2, 0) is 9.84 Å². The summed E-state index contributed by atoms with van der Waals surface area (Å²) in [6.45, 7) is 1.24. The monoisotopic (exact) mass is 291 g/mol. The normalized spacial score (nSPS) is 16.1. The molecule has 0 spiro atoms. The van der Waals surface area contributed by atoms with Crippen molar-refractivity contribution in [2.75, 3.05) is 30.9 Å². The third-order valence-electron chi connectivity index (χ3n) is 2.51. The van der Waals surface area contributed by atoms with Crippen molar-refractivity contribution >= 4 is 21.6 Å². The van der Waals surface area contributed by atoms with E-state index in [0.29, 0.717) is 12.6 Å². The topological polar surface area (TPSA) is 89.8 Å². The van der Waals surface area contributed by atoms with Gasteiger partial charge in [0.15, 0.2) is 0 Å². The van der Waals surface area contributed by atoms with Crippen LogP contribution in [0.25, 0.3) is 0 Å². The lowest BCUT2D eigenvalue weighted by molar-refractivity contribution is 0.565. The molecule has 1 fully saturated rings. The van der Waals surface area contributed by atoms with Crippen molar-refractivity contribution in [3.05, 3.63) is 0 Å². The van der Waals surface area contributed by atoms with Crippen LogP contribution in [0.4, 0.5) is 0 Å². The van der Waals surface area contributed by atoms with Crippen LogP contribution in [-0.4, -0.2) is 59.5 Å². The summed E-state index contributed by atoms with van der Waals surface area (Å²) in [5, 5.41) is 15.5. The summed E-state index contributed by atoms with van der Waals surface area (Å²) >= 11 is 1.59. The third kappa shape index (κ3) is 4.54. The molecule has 18 heavy (non-hydrogen) atoms. The molecule has 1 saturated carbocycles. The van der Waals surface area contributed by atoms with E-state index in [1.165, 1.54) is 6.26 Å². The zero-order valence-electron chi connectivity index (χ0n) is 10.2. The smallest absolute Gasteiger partial charge is 0.209 e. The molecule has 1 aromatic rings. The van der Waals surface area contributed by atoms with Crippen LogP contribution in [0.15, 0.2) is 5.16 Å². The maximum Gasteiger partial charge on any atom is 0.209 e. The van der Waals surface area contributed by atoms with E-state index in [-0.39, 0.29) is 5.75 Å². The van der Waals surface area contributed by atoms with E-state index in [4.69, 9.17) is 0 Å². The highest BCUT2D eigenvalue weighted by Gasteiger charge is 2.27. The van der Waals surface area contributed by atoms with E-state index in [9.17, 15) is 8.42 Å². The lowest BCUT2D eigenvalue weighted by atomic mass is 10.7. The molecule has 1 aromatic heterocycles. The molecule has 9 heteroatoms. The third-order valence-corrected chi connectivity index (χ3v) is 4.40. The molecule has 0 atom stereocenters. The molecule has 102 valence electrons. The first kappa shape index (κ1) is 13.8. The highest BCUT2D eigenvalue weighted by molar-refractivity contribution is 7.99. The van der Waals surface area contributed by atoms with E-state index < -0.39 is 9.84 Å². The predicted molar refractivity (Wildman–Crippen MR) is 69.4 cm³/mol. The Morgan fingerprint density at radius 2 is 2.22 bits per heavy atom. The van der Waals surface area contributed by atoms with Crippen LogP contribution in [0.5, 0.6) is 0 Å². The molecule has 1 aliphatic rings. The molecule has 0 aromatic carbocycles. The summed E-state index contributed by atoms with van der Waals surface area (Å²) in [6.07, 6.45) is 3.56. The summed E-state index contributed by atoms with van der Waals surface area (Å²) < 4.78 is 23.7. The lowest BCUT2D eigenvalue weighted by Gasteiger charge is -2.04. The van der Waals surface area contributed by atoms with Gasteiger partial charge in [-0.05, 0) is 23.3 Å². The van der Waals surface area contributed by atoms with Gasteiger partial charge in [-0.1, -0.05) is 11.8 Å². The number of nitrogens with zero attached hydrogens (tertiary/aromatic N) is 4. The van der Waals surface area contributed by atoms with E-state index >= 15 is 0 Å². The maximum absolute atomic E-state index is 10.9. The molecule has 7 nitrogen and oxygen atoms in total. The molecule has 1 heterocycles. The van der Waals surface area contributed by atoms with Gasteiger partial charge in [0.2, 0.25) is 5.16 Å². The van der Waals surface area contributed by atoms with Crippen molar-refractivity contribution in [3.63, 3.8) is 0 Å². The molecule has 0 aliphatic heterocycles. The molecular formula is C9H17N5O2S2. The summed E-state index contributed by atoms with van der Waals surface area (Å²) in [5.41, 5.74) is 0. The average molecular weight is 291 g/mol.